The van der Waals surface area contributed by atoms with Crippen molar-refractivity contribution in [1.29, 1.82) is 0 Å². The molecule has 2 N–H and O–H groups in total. The number of fused-ring (bicyclic) bond motifs is 4. The Balaban J connectivity index is 1.69. The number of hydrogen-bond acceptors (Lipinski definition) is 6. The maximum absolute atomic E-state index is 12.2. The standard InChI is InChI=1S/C20H25BrN2O4S/c1-19(2,3)27-18(25)22-17-23-20(10-28-17)13-6-5-12(24)9-16(13)26-15-7-4-11(21)8-14(15)20/h4,7-8,12-13,16,24H,5-6,9-10H2,1-3H3,(H,22,23,25)/t12?,13-,16-,20?/m0/s1. The Morgan fingerprint density at radius 1 is 1.43 bits per heavy atom. The molecule has 6 nitrogen and oxygen atoms in total. The molecule has 28 heavy (non-hydrogen) atoms. The lowest BCUT2D eigenvalue weighted by molar-refractivity contribution is -0.0247. The molecule has 1 fully saturated rings. The number of aliphatic hydroxyl groups is 1. The molecule has 4 atom stereocenters. The van der Waals surface area contributed by atoms with Crippen molar-refractivity contribution in [3.63, 3.8) is 0 Å². The van der Waals surface area contributed by atoms with Gasteiger partial charge in [-0.2, -0.15) is 0 Å². The van der Waals surface area contributed by atoms with Crippen molar-refractivity contribution in [3.05, 3.63) is 28.2 Å². The van der Waals surface area contributed by atoms with Gasteiger partial charge in [-0.1, -0.05) is 27.7 Å². The average Bonchev–Trinajstić information content (AvgIpc) is 2.98. The van der Waals surface area contributed by atoms with Gasteiger partial charge in [0.2, 0.25) is 0 Å². The largest absolute Gasteiger partial charge is 0.490 e. The van der Waals surface area contributed by atoms with Crippen LogP contribution in [0.15, 0.2) is 27.7 Å². The van der Waals surface area contributed by atoms with Crippen molar-refractivity contribution in [2.24, 2.45) is 10.9 Å². The lowest BCUT2D eigenvalue weighted by Gasteiger charge is -2.47. The monoisotopic (exact) mass is 468 g/mol. The number of amides is 1. The number of aliphatic imine (C=N–C) groups is 1. The van der Waals surface area contributed by atoms with E-state index in [2.05, 4.69) is 27.3 Å². The fourth-order valence-corrected chi connectivity index (χ4v) is 5.83. The first-order chi connectivity index (χ1) is 13.2. The van der Waals surface area contributed by atoms with Crippen molar-refractivity contribution in [1.82, 2.24) is 5.32 Å². The number of rotatable bonds is 0. The minimum Gasteiger partial charge on any atom is -0.490 e. The Labute approximate surface area is 177 Å². The van der Waals surface area contributed by atoms with Crippen LogP contribution in [0.2, 0.25) is 0 Å². The van der Waals surface area contributed by atoms with E-state index in [1.54, 1.807) is 0 Å². The van der Waals surface area contributed by atoms with E-state index in [4.69, 9.17) is 14.5 Å². The molecule has 3 aliphatic rings. The third-order valence-corrected chi connectivity index (χ3v) is 6.95. The molecular weight excluding hydrogens is 444 g/mol. The molecule has 4 rings (SSSR count). The van der Waals surface area contributed by atoms with Crippen molar-refractivity contribution < 1.29 is 19.4 Å². The summed E-state index contributed by atoms with van der Waals surface area (Å²) in [7, 11) is 0. The van der Waals surface area contributed by atoms with Crippen molar-refractivity contribution in [2.45, 2.75) is 63.4 Å². The number of nitrogens with zero attached hydrogens (tertiary/aromatic N) is 1. The molecule has 1 aromatic rings. The SMILES string of the molecule is CC(C)(C)OC(=O)NC1=NC2(CS1)c1cc(Br)ccc1O[C@H]1CC(O)CC[C@@H]12. The predicted molar refractivity (Wildman–Crippen MR) is 113 cm³/mol. The summed E-state index contributed by atoms with van der Waals surface area (Å²) in [6.07, 6.45) is 1.27. The summed E-state index contributed by atoms with van der Waals surface area (Å²) in [4.78, 5) is 17.2. The molecule has 1 saturated carbocycles. The van der Waals surface area contributed by atoms with Gasteiger partial charge >= 0.3 is 6.09 Å². The van der Waals surface area contributed by atoms with E-state index >= 15 is 0 Å². The number of benzene rings is 1. The van der Waals surface area contributed by atoms with Crippen molar-refractivity contribution >= 4 is 39.0 Å². The molecule has 0 radical (unpaired) electrons. The topological polar surface area (TPSA) is 80.2 Å². The van der Waals surface area contributed by atoms with Crippen LogP contribution in [-0.2, 0) is 10.3 Å². The molecule has 2 aliphatic heterocycles. The smallest absolute Gasteiger partial charge is 0.413 e. The fourth-order valence-electron chi connectivity index (χ4n) is 4.30. The number of aliphatic hydroxyl groups excluding tert-OH is 1. The zero-order valence-corrected chi connectivity index (χ0v) is 18.6. The van der Waals surface area contributed by atoms with Crippen LogP contribution in [-0.4, -0.2) is 39.9 Å². The predicted octanol–water partition coefficient (Wildman–Crippen LogP) is 4.19. The van der Waals surface area contributed by atoms with E-state index in [9.17, 15) is 9.90 Å². The number of hydrogen-bond donors (Lipinski definition) is 2. The second-order valence-corrected chi connectivity index (χ2v) is 10.5. The molecule has 2 heterocycles. The highest BCUT2D eigenvalue weighted by Crippen LogP contribution is 2.54. The van der Waals surface area contributed by atoms with Crippen LogP contribution in [0.5, 0.6) is 5.75 Å². The number of halogens is 1. The molecule has 0 bridgehead atoms. The Morgan fingerprint density at radius 2 is 2.21 bits per heavy atom. The van der Waals surface area contributed by atoms with Crippen molar-refractivity contribution in [3.8, 4) is 5.75 Å². The van der Waals surface area contributed by atoms with Gasteiger partial charge < -0.3 is 14.6 Å². The number of nitrogens with one attached hydrogen (secondary N) is 1. The highest BCUT2D eigenvalue weighted by Gasteiger charge is 2.54. The number of ether oxygens (including phenoxy) is 2. The Kier molecular flexibility index (Phi) is 5.17. The first-order valence-electron chi connectivity index (χ1n) is 9.54. The van der Waals surface area contributed by atoms with E-state index in [-0.39, 0.29) is 18.1 Å². The molecule has 152 valence electrons. The summed E-state index contributed by atoms with van der Waals surface area (Å²) in [5, 5.41) is 13.5. The van der Waals surface area contributed by atoms with E-state index in [0.29, 0.717) is 11.6 Å². The van der Waals surface area contributed by atoms with E-state index in [0.717, 1.165) is 34.4 Å². The lowest BCUT2D eigenvalue weighted by atomic mass is 9.68. The Hall–Kier alpha value is -1.25. The molecule has 1 aliphatic carbocycles. The quantitative estimate of drug-likeness (QED) is 0.596. The highest BCUT2D eigenvalue weighted by atomic mass is 79.9. The molecule has 0 aromatic heterocycles. The Morgan fingerprint density at radius 3 is 2.96 bits per heavy atom. The second-order valence-electron chi connectivity index (χ2n) is 8.63. The zero-order chi connectivity index (χ0) is 20.1. The number of carbonyl (C=O) groups excluding carboxylic acids is 1. The highest BCUT2D eigenvalue weighted by molar-refractivity contribution is 9.10. The summed E-state index contributed by atoms with van der Waals surface area (Å²) < 4.78 is 12.6. The van der Waals surface area contributed by atoms with Crippen molar-refractivity contribution in [2.75, 3.05) is 5.75 Å². The van der Waals surface area contributed by atoms with E-state index < -0.39 is 17.2 Å². The molecule has 2 unspecified atom stereocenters. The Bertz CT molecular complexity index is 825. The van der Waals surface area contributed by atoms with Crippen LogP contribution >= 0.6 is 27.7 Å². The van der Waals surface area contributed by atoms with Crippen LogP contribution in [0.25, 0.3) is 0 Å². The van der Waals surface area contributed by atoms with Gasteiger partial charge in [0.15, 0.2) is 5.17 Å². The van der Waals surface area contributed by atoms with Gasteiger partial charge in [-0.15, -0.1) is 0 Å². The summed E-state index contributed by atoms with van der Waals surface area (Å²) in [5.74, 6) is 1.69. The normalized spacial score (nSPS) is 31.5. The van der Waals surface area contributed by atoms with Crippen LogP contribution in [0.3, 0.4) is 0 Å². The molecule has 1 amide bonds. The second kappa shape index (κ2) is 7.22. The minimum absolute atomic E-state index is 0.0809. The molecule has 1 aromatic carbocycles. The van der Waals surface area contributed by atoms with Gasteiger partial charge in [-0.3, -0.25) is 5.32 Å². The van der Waals surface area contributed by atoms with Gasteiger partial charge in [-0.05, 0) is 51.8 Å². The lowest BCUT2D eigenvalue weighted by Crippen LogP contribution is -2.51. The number of carbonyl (C=O) groups is 1. The fraction of sp³-hybridized carbons (Fsp3) is 0.600. The maximum atomic E-state index is 12.2. The molecule has 8 heteroatoms. The zero-order valence-electron chi connectivity index (χ0n) is 16.2. The van der Waals surface area contributed by atoms with Gasteiger partial charge in [0.05, 0.1) is 6.10 Å². The van der Waals surface area contributed by atoms with Gasteiger partial charge in [0.25, 0.3) is 0 Å². The van der Waals surface area contributed by atoms with E-state index in [1.807, 2.05) is 32.9 Å². The van der Waals surface area contributed by atoms with Gasteiger partial charge in [0, 0.05) is 28.1 Å². The van der Waals surface area contributed by atoms with Crippen LogP contribution in [0.4, 0.5) is 4.79 Å². The minimum atomic E-state index is -0.563. The average molecular weight is 469 g/mol. The molecular formula is C20H25BrN2O4S. The summed E-state index contributed by atoms with van der Waals surface area (Å²) in [5.41, 5.74) is -0.00298. The van der Waals surface area contributed by atoms with Crippen LogP contribution in [0.1, 0.15) is 45.6 Å². The first-order valence-corrected chi connectivity index (χ1v) is 11.3. The summed E-state index contributed by atoms with van der Waals surface area (Å²) in [6, 6.07) is 5.98. The molecule has 0 saturated heterocycles. The number of alkyl carbamates (subject to hydrolysis) is 1. The summed E-state index contributed by atoms with van der Waals surface area (Å²) >= 11 is 5.10. The maximum Gasteiger partial charge on any atom is 0.413 e. The van der Waals surface area contributed by atoms with Gasteiger partial charge in [0.1, 0.15) is 23.0 Å². The third-order valence-electron chi connectivity index (χ3n) is 5.40. The van der Waals surface area contributed by atoms with Gasteiger partial charge in [-0.25, -0.2) is 9.79 Å². The number of thioether (sulfide) groups is 1. The third kappa shape index (κ3) is 3.78. The van der Waals surface area contributed by atoms with E-state index in [1.165, 1.54) is 11.8 Å². The number of amidine groups is 1. The van der Waals surface area contributed by atoms with Crippen LogP contribution in [0, 0.1) is 5.92 Å². The first kappa shape index (κ1) is 20.0. The molecule has 1 spiro atoms. The summed E-state index contributed by atoms with van der Waals surface area (Å²) in [6.45, 7) is 5.51. The van der Waals surface area contributed by atoms with Crippen LogP contribution < -0.4 is 10.1 Å².